The van der Waals surface area contributed by atoms with Gasteiger partial charge in [-0.1, -0.05) is 49.4 Å². The fourth-order valence-electron chi connectivity index (χ4n) is 3.63. The van der Waals surface area contributed by atoms with Crippen LogP contribution >= 0.6 is 0 Å². The van der Waals surface area contributed by atoms with Crippen molar-refractivity contribution in [1.82, 2.24) is 0 Å². The summed E-state index contributed by atoms with van der Waals surface area (Å²) in [7, 11) is 0. The Bertz CT molecular complexity index is 816. The van der Waals surface area contributed by atoms with E-state index in [9.17, 15) is 9.59 Å². The SMILES string of the molecule is CC(C(=O)Nc1ccccc1N1CCC(C(N)=O)CC1)C(N)c1ccccc1. The number of nitrogens with two attached hydrogens (primary N) is 2. The van der Waals surface area contributed by atoms with Crippen molar-refractivity contribution in [2.45, 2.75) is 25.8 Å². The van der Waals surface area contributed by atoms with Crippen LogP contribution in [0.2, 0.25) is 0 Å². The molecule has 1 aliphatic rings. The van der Waals surface area contributed by atoms with Crippen molar-refractivity contribution in [3.63, 3.8) is 0 Å². The molecule has 0 aliphatic carbocycles. The fraction of sp³-hybridized carbons (Fsp3) is 0.364. The molecule has 1 heterocycles. The Kier molecular flexibility index (Phi) is 6.31. The molecule has 1 fully saturated rings. The Morgan fingerprint density at radius 1 is 1.04 bits per heavy atom. The smallest absolute Gasteiger partial charge is 0.229 e. The average molecular weight is 380 g/mol. The average Bonchev–Trinajstić information content (AvgIpc) is 2.73. The van der Waals surface area contributed by atoms with Gasteiger partial charge in [-0.2, -0.15) is 0 Å². The first-order valence-corrected chi connectivity index (χ1v) is 9.72. The molecule has 1 aliphatic heterocycles. The molecule has 5 N–H and O–H groups in total. The van der Waals surface area contributed by atoms with Gasteiger partial charge in [0, 0.05) is 25.0 Å². The minimum absolute atomic E-state index is 0.0677. The van der Waals surface area contributed by atoms with Crippen molar-refractivity contribution in [2.24, 2.45) is 23.3 Å². The van der Waals surface area contributed by atoms with Gasteiger partial charge in [0.1, 0.15) is 0 Å². The summed E-state index contributed by atoms with van der Waals surface area (Å²) in [4.78, 5) is 26.4. The normalized spacial score (nSPS) is 17.0. The summed E-state index contributed by atoms with van der Waals surface area (Å²) in [6.07, 6.45) is 1.46. The highest BCUT2D eigenvalue weighted by Gasteiger charge is 2.26. The lowest BCUT2D eigenvalue weighted by Gasteiger charge is -2.33. The first-order chi connectivity index (χ1) is 13.5. The molecule has 0 radical (unpaired) electrons. The molecule has 2 atom stereocenters. The summed E-state index contributed by atoms with van der Waals surface area (Å²) >= 11 is 0. The van der Waals surface area contributed by atoms with E-state index < -0.39 is 0 Å². The molecule has 2 amide bonds. The molecule has 0 saturated carbocycles. The maximum atomic E-state index is 12.8. The second-order valence-corrected chi connectivity index (χ2v) is 7.40. The first-order valence-electron chi connectivity index (χ1n) is 9.72. The Labute approximate surface area is 165 Å². The van der Waals surface area contributed by atoms with Crippen LogP contribution in [0.25, 0.3) is 0 Å². The molecular formula is C22H28N4O2. The molecule has 6 heteroatoms. The van der Waals surface area contributed by atoms with Crippen molar-refractivity contribution in [1.29, 1.82) is 0 Å². The van der Waals surface area contributed by atoms with Gasteiger partial charge in [-0.15, -0.1) is 0 Å². The van der Waals surface area contributed by atoms with Gasteiger partial charge in [-0.05, 0) is 30.5 Å². The zero-order valence-electron chi connectivity index (χ0n) is 16.2. The number of rotatable bonds is 6. The maximum absolute atomic E-state index is 12.8. The van der Waals surface area contributed by atoms with Gasteiger partial charge >= 0.3 is 0 Å². The van der Waals surface area contributed by atoms with Gasteiger partial charge in [0.25, 0.3) is 0 Å². The minimum atomic E-state index is -0.379. The fourth-order valence-corrected chi connectivity index (χ4v) is 3.63. The molecule has 3 rings (SSSR count). The van der Waals surface area contributed by atoms with E-state index in [1.165, 1.54) is 0 Å². The van der Waals surface area contributed by atoms with E-state index in [-0.39, 0.29) is 29.7 Å². The van der Waals surface area contributed by atoms with Crippen LogP contribution in [0.3, 0.4) is 0 Å². The van der Waals surface area contributed by atoms with E-state index in [4.69, 9.17) is 11.5 Å². The number of benzene rings is 2. The van der Waals surface area contributed by atoms with Crippen LogP contribution in [0, 0.1) is 11.8 Å². The van der Waals surface area contributed by atoms with Gasteiger partial charge < -0.3 is 21.7 Å². The van der Waals surface area contributed by atoms with E-state index in [2.05, 4.69) is 10.2 Å². The van der Waals surface area contributed by atoms with Crippen LogP contribution in [-0.2, 0) is 9.59 Å². The van der Waals surface area contributed by atoms with Gasteiger partial charge in [-0.3, -0.25) is 9.59 Å². The largest absolute Gasteiger partial charge is 0.370 e. The molecule has 0 spiro atoms. The third-order valence-corrected chi connectivity index (χ3v) is 5.54. The summed E-state index contributed by atoms with van der Waals surface area (Å²) < 4.78 is 0. The van der Waals surface area contributed by atoms with Gasteiger partial charge in [0.05, 0.1) is 17.3 Å². The molecule has 2 unspecified atom stereocenters. The first kappa shape index (κ1) is 19.9. The highest BCUT2D eigenvalue weighted by Crippen LogP contribution is 2.31. The molecular weight excluding hydrogens is 352 g/mol. The van der Waals surface area contributed by atoms with E-state index in [0.29, 0.717) is 0 Å². The van der Waals surface area contributed by atoms with Crippen molar-refractivity contribution >= 4 is 23.2 Å². The number of hydrogen-bond donors (Lipinski definition) is 3. The van der Waals surface area contributed by atoms with E-state index in [1.54, 1.807) is 0 Å². The summed E-state index contributed by atoms with van der Waals surface area (Å²) in [5, 5.41) is 3.04. The minimum Gasteiger partial charge on any atom is -0.370 e. The quantitative estimate of drug-likeness (QED) is 0.717. The van der Waals surface area contributed by atoms with Crippen molar-refractivity contribution < 1.29 is 9.59 Å². The lowest BCUT2D eigenvalue weighted by Crippen LogP contribution is -2.39. The zero-order valence-corrected chi connectivity index (χ0v) is 16.2. The summed E-state index contributed by atoms with van der Waals surface area (Å²) in [5.41, 5.74) is 14.4. The maximum Gasteiger partial charge on any atom is 0.229 e. The third kappa shape index (κ3) is 4.51. The highest BCUT2D eigenvalue weighted by atomic mass is 16.2. The van der Waals surface area contributed by atoms with Gasteiger partial charge in [0.2, 0.25) is 11.8 Å². The van der Waals surface area contributed by atoms with Crippen LogP contribution in [0.5, 0.6) is 0 Å². The zero-order chi connectivity index (χ0) is 20.1. The molecule has 6 nitrogen and oxygen atoms in total. The standard InChI is InChI=1S/C22H28N4O2/c1-15(20(23)16-7-3-2-4-8-16)22(28)25-18-9-5-6-10-19(18)26-13-11-17(12-14-26)21(24)27/h2-10,15,17,20H,11-14,23H2,1H3,(H2,24,27)(H,25,28). The highest BCUT2D eigenvalue weighted by molar-refractivity contribution is 5.96. The number of carbonyl (C=O) groups excluding carboxylic acids is 2. The molecule has 1 saturated heterocycles. The van der Waals surface area contributed by atoms with Crippen LogP contribution in [-0.4, -0.2) is 24.9 Å². The van der Waals surface area contributed by atoms with Gasteiger partial charge in [0.15, 0.2) is 0 Å². The monoisotopic (exact) mass is 380 g/mol. The summed E-state index contributed by atoms with van der Waals surface area (Å²) in [6, 6.07) is 17.0. The molecule has 148 valence electrons. The number of carbonyl (C=O) groups is 2. The molecule has 2 aromatic carbocycles. The van der Waals surface area contributed by atoms with Crippen LogP contribution in [0.4, 0.5) is 11.4 Å². The predicted molar refractivity (Wildman–Crippen MR) is 112 cm³/mol. The van der Waals surface area contributed by atoms with Crippen molar-refractivity contribution in [2.75, 3.05) is 23.3 Å². The third-order valence-electron chi connectivity index (χ3n) is 5.54. The van der Waals surface area contributed by atoms with Gasteiger partial charge in [-0.25, -0.2) is 0 Å². The Balaban J connectivity index is 1.69. The number of amides is 2. The summed E-state index contributed by atoms with van der Waals surface area (Å²) in [6.45, 7) is 3.31. The number of para-hydroxylation sites is 2. The molecule has 2 aromatic rings. The lowest BCUT2D eigenvalue weighted by molar-refractivity contribution is -0.122. The van der Waals surface area contributed by atoms with E-state index in [1.807, 2.05) is 61.5 Å². The van der Waals surface area contributed by atoms with Crippen LogP contribution < -0.4 is 21.7 Å². The number of nitrogens with zero attached hydrogens (tertiary/aromatic N) is 1. The molecule has 0 aromatic heterocycles. The summed E-state index contributed by atoms with van der Waals surface area (Å²) in [5.74, 6) is -0.793. The topological polar surface area (TPSA) is 101 Å². The number of nitrogens with one attached hydrogen (secondary N) is 1. The molecule has 28 heavy (non-hydrogen) atoms. The second kappa shape index (κ2) is 8.89. The van der Waals surface area contributed by atoms with E-state index in [0.717, 1.165) is 42.9 Å². The predicted octanol–water partition coefficient (Wildman–Crippen LogP) is 2.66. The number of anilines is 2. The Hall–Kier alpha value is -2.86. The van der Waals surface area contributed by atoms with E-state index >= 15 is 0 Å². The lowest BCUT2D eigenvalue weighted by atomic mass is 9.94. The van der Waals surface area contributed by atoms with Crippen LogP contribution in [0.15, 0.2) is 54.6 Å². The number of primary amides is 1. The van der Waals surface area contributed by atoms with Crippen molar-refractivity contribution in [3.05, 3.63) is 60.2 Å². The number of hydrogen-bond acceptors (Lipinski definition) is 4. The number of piperidine rings is 1. The molecule has 0 bridgehead atoms. The Morgan fingerprint density at radius 2 is 1.64 bits per heavy atom. The van der Waals surface area contributed by atoms with Crippen LogP contribution in [0.1, 0.15) is 31.4 Å². The Morgan fingerprint density at radius 3 is 2.29 bits per heavy atom. The second-order valence-electron chi connectivity index (χ2n) is 7.40. The van der Waals surface area contributed by atoms with Crippen molar-refractivity contribution in [3.8, 4) is 0 Å².